The Kier molecular flexibility index (Phi) is 7.88. The van der Waals surface area contributed by atoms with Crippen molar-refractivity contribution in [1.29, 1.82) is 0 Å². The number of hydrogen-bond acceptors (Lipinski definition) is 1. The van der Waals surface area contributed by atoms with Crippen LogP contribution < -0.4 is 5.32 Å². The summed E-state index contributed by atoms with van der Waals surface area (Å²) in [5.74, 6) is 5.05. The van der Waals surface area contributed by atoms with Crippen LogP contribution in [-0.2, 0) is 6.42 Å². The van der Waals surface area contributed by atoms with Crippen LogP contribution >= 0.6 is 35.6 Å². The normalized spacial score (nSPS) is 32.0. The van der Waals surface area contributed by atoms with Gasteiger partial charge in [-0.3, -0.25) is 0 Å². The van der Waals surface area contributed by atoms with E-state index in [9.17, 15) is 0 Å². The SMILES string of the molecule is C=C(Cc1cc(Cl)c(C2C3CC4CC(C3)CC2C4)c(Cl)c1)NCCC1CCCCC1.Cl. The number of allylic oxidation sites excluding steroid dienone is 1. The van der Waals surface area contributed by atoms with Crippen molar-refractivity contribution in [3.63, 3.8) is 0 Å². The smallest absolute Gasteiger partial charge is 0.0458 e. The second kappa shape index (κ2) is 10.3. The fourth-order valence-electron chi connectivity index (χ4n) is 7.69. The Balaban J connectivity index is 0.00000231. The molecule has 1 nitrogen and oxygen atoms in total. The van der Waals surface area contributed by atoms with E-state index in [1.807, 2.05) is 0 Å². The number of nitrogens with one attached hydrogen (secondary N) is 1. The number of rotatable bonds is 7. The van der Waals surface area contributed by atoms with Crippen molar-refractivity contribution >= 4 is 35.6 Å². The largest absolute Gasteiger partial charge is 0.389 e. The molecule has 0 radical (unpaired) electrons. The van der Waals surface area contributed by atoms with E-state index >= 15 is 0 Å². The predicted octanol–water partition coefficient (Wildman–Crippen LogP) is 8.57. The van der Waals surface area contributed by atoms with Crippen molar-refractivity contribution in [3.8, 4) is 0 Å². The lowest BCUT2D eigenvalue weighted by Gasteiger charge is -2.55. The van der Waals surface area contributed by atoms with Gasteiger partial charge in [-0.25, -0.2) is 0 Å². The summed E-state index contributed by atoms with van der Waals surface area (Å²) in [5.41, 5.74) is 3.53. The summed E-state index contributed by atoms with van der Waals surface area (Å²) >= 11 is 13.8. The average molecular weight is 483 g/mol. The highest BCUT2D eigenvalue weighted by Gasteiger charge is 2.49. The molecule has 0 unspecified atom stereocenters. The maximum absolute atomic E-state index is 6.88. The van der Waals surface area contributed by atoms with Crippen LogP contribution in [-0.4, -0.2) is 6.54 Å². The molecule has 0 amide bonds. The quantitative estimate of drug-likeness (QED) is 0.410. The van der Waals surface area contributed by atoms with E-state index in [4.69, 9.17) is 23.2 Å². The minimum absolute atomic E-state index is 0. The van der Waals surface area contributed by atoms with Gasteiger partial charge in [-0.2, -0.15) is 0 Å². The van der Waals surface area contributed by atoms with E-state index in [0.717, 1.165) is 58.3 Å². The van der Waals surface area contributed by atoms with E-state index in [1.165, 1.54) is 81.8 Å². The number of benzene rings is 1. The minimum atomic E-state index is 0. The molecule has 0 aromatic heterocycles. The van der Waals surface area contributed by atoms with Crippen LogP contribution in [0.5, 0.6) is 0 Å². The summed E-state index contributed by atoms with van der Waals surface area (Å²) in [4.78, 5) is 0. The van der Waals surface area contributed by atoms with Crippen LogP contribution in [0, 0.1) is 29.6 Å². The third kappa shape index (κ3) is 5.25. The number of hydrogen-bond donors (Lipinski definition) is 1. The van der Waals surface area contributed by atoms with Gasteiger partial charge in [-0.1, -0.05) is 61.9 Å². The Morgan fingerprint density at radius 1 is 0.903 bits per heavy atom. The zero-order valence-corrected chi connectivity index (χ0v) is 21.0. The highest BCUT2D eigenvalue weighted by atomic mass is 35.5. The Morgan fingerprint density at radius 3 is 2.06 bits per heavy atom. The molecule has 0 atom stereocenters. The maximum Gasteiger partial charge on any atom is 0.0458 e. The third-order valence-electron chi connectivity index (χ3n) is 8.77. The van der Waals surface area contributed by atoms with Crippen LogP contribution in [0.1, 0.15) is 87.7 Å². The third-order valence-corrected chi connectivity index (χ3v) is 9.39. The van der Waals surface area contributed by atoms with Crippen LogP contribution in [0.25, 0.3) is 0 Å². The molecule has 5 aliphatic carbocycles. The molecule has 5 aliphatic rings. The number of halogens is 3. The molecular formula is C27H38Cl3N. The summed E-state index contributed by atoms with van der Waals surface area (Å²) in [5, 5.41) is 5.34. The molecule has 5 saturated carbocycles. The Bertz CT molecular complexity index is 732. The van der Waals surface area contributed by atoms with Gasteiger partial charge in [0.15, 0.2) is 0 Å². The second-order valence-corrected chi connectivity index (χ2v) is 11.7. The molecule has 172 valence electrons. The molecule has 31 heavy (non-hydrogen) atoms. The molecule has 1 aromatic carbocycles. The van der Waals surface area contributed by atoms with Gasteiger partial charge in [-0.15, -0.1) is 12.4 Å². The van der Waals surface area contributed by atoms with Gasteiger partial charge in [-0.05, 0) is 97.3 Å². The van der Waals surface area contributed by atoms with Crippen LogP contribution in [0.4, 0.5) is 0 Å². The fourth-order valence-corrected chi connectivity index (χ4v) is 8.48. The standard InChI is InChI=1S/C27H37Cl2N.ClH/c1-17(30-8-7-18-5-3-2-4-6-18)9-19-15-24(28)27(25(29)16-19)26-22-11-20-10-21(13-22)14-23(26)12-20;/h15-16,18,20-23,26,30H,1-14H2;1H. The summed E-state index contributed by atoms with van der Waals surface area (Å²) in [7, 11) is 0. The molecule has 4 heteroatoms. The van der Waals surface area contributed by atoms with Gasteiger partial charge in [0.1, 0.15) is 0 Å². The van der Waals surface area contributed by atoms with Crippen molar-refractivity contribution < 1.29 is 0 Å². The zero-order chi connectivity index (χ0) is 20.7. The molecule has 6 rings (SSSR count). The van der Waals surface area contributed by atoms with Crippen molar-refractivity contribution in [2.24, 2.45) is 29.6 Å². The van der Waals surface area contributed by atoms with Crippen LogP contribution in [0.3, 0.4) is 0 Å². The lowest BCUT2D eigenvalue weighted by atomic mass is 9.50. The highest BCUT2D eigenvalue weighted by Crippen LogP contribution is 2.61. The zero-order valence-electron chi connectivity index (χ0n) is 18.7. The predicted molar refractivity (Wildman–Crippen MR) is 136 cm³/mol. The summed E-state index contributed by atoms with van der Waals surface area (Å²) in [6, 6.07) is 4.34. The monoisotopic (exact) mass is 481 g/mol. The first-order valence-electron chi connectivity index (χ1n) is 12.5. The topological polar surface area (TPSA) is 12.0 Å². The van der Waals surface area contributed by atoms with Crippen molar-refractivity contribution in [1.82, 2.24) is 5.32 Å². The van der Waals surface area contributed by atoms with Crippen molar-refractivity contribution in [3.05, 3.63) is 45.6 Å². The molecule has 5 fully saturated rings. The van der Waals surface area contributed by atoms with Gasteiger partial charge >= 0.3 is 0 Å². The van der Waals surface area contributed by atoms with E-state index in [-0.39, 0.29) is 12.4 Å². The van der Waals surface area contributed by atoms with Crippen molar-refractivity contribution in [2.75, 3.05) is 6.54 Å². The molecule has 1 N–H and O–H groups in total. The van der Waals surface area contributed by atoms with Gasteiger partial charge in [0.2, 0.25) is 0 Å². The van der Waals surface area contributed by atoms with Crippen LogP contribution in [0.15, 0.2) is 24.4 Å². The first kappa shape index (κ1) is 23.8. The molecule has 4 bridgehead atoms. The summed E-state index contributed by atoms with van der Waals surface area (Å²) < 4.78 is 0. The first-order valence-corrected chi connectivity index (χ1v) is 13.2. The fraction of sp³-hybridized carbons (Fsp3) is 0.704. The molecule has 0 saturated heterocycles. The Hall–Kier alpha value is -0.370. The lowest BCUT2D eigenvalue weighted by molar-refractivity contribution is -0.00272. The summed E-state index contributed by atoms with van der Waals surface area (Å²) in [6.07, 6.45) is 16.2. The molecular weight excluding hydrogens is 445 g/mol. The van der Waals surface area contributed by atoms with Gasteiger partial charge in [0, 0.05) is 28.7 Å². The van der Waals surface area contributed by atoms with E-state index in [0.29, 0.717) is 5.92 Å². The highest BCUT2D eigenvalue weighted by molar-refractivity contribution is 6.36. The average Bonchev–Trinajstić information content (AvgIpc) is 2.70. The van der Waals surface area contributed by atoms with E-state index in [2.05, 4.69) is 24.0 Å². The molecule has 0 aliphatic heterocycles. The minimum Gasteiger partial charge on any atom is -0.389 e. The van der Waals surface area contributed by atoms with Gasteiger partial charge in [0.25, 0.3) is 0 Å². The Morgan fingerprint density at radius 2 is 1.48 bits per heavy atom. The molecule has 0 spiro atoms. The lowest BCUT2D eigenvalue weighted by Crippen LogP contribution is -2.43. The van der Waals surface area contributed by atoms with E-state index < -0.39 is 0 Å². The van der Waals surface area contributed by atoms with Gasteiger partial charge in [0.05, 0.1) is 0 Å². The van der Waals surface area contributed by atoms with Crippen LogP contribution in [0.2, 0.25) is 10.0 Å². The van der Waals surface area contributed by atoms with Crippen molar-refractivity contribution in [2.45, 2.75) is 83.0 Å². The Labute approximate surface area is 205 Å². The van der Waals surface area contributed by atoms with E-state index in [1.54, 1.807) is 0 Å². The summed E-state index contributed by atoms with van der Waals surface area (Å²) in [6.45, 7) is 5.31. The van der Waals surface area contributed by atoms with Gasteiger partial charge < -0.3 is 5.32 Å². The maximum atomic E-state index is 6.88. The molecule has 1 aromatic rings. The first-order chi connectivity index (χ1) is 14.6. The second-order valence-electron chi connectivity index (χ2n) is 10.9. The molecule has 0 heterocycles.